The van der Waals surface area contributed by atoms with Crippen LogP contribution >= 0.6 is 15.9 Å². The Labute approximate surface area is 145 Å². The molecular formula is C20H18BrNO. The smallest absolute Gasteiger partial charge is 0.0992 e. The molecule has 0 aliphatic heterocycles. The predicted molar refractivity (Wildman–Crippen MR) is 96.2 cm³/mol. The maximum Gasteiger partial charge on any atom is 0.0992 e. The van der Waals surface area contributed by atoms with Gasteiger partial charge in [-0.2, -0.15) is 0 Å². The molecule has 23 heavy (non-hydrogen) atoms. The van der Waals surface area contributed by atoms with Crippen molar-refractivity contribution in [3.05, 3.63) is 100 Å². The topological polar surface area (TPSA) is 33.1 Å². The summed E-state index contributed by atoms with van der Waals surface area (Å²) in [5, 5.41) is 11.4. The summed E-state index contributed by atoms with van der Waals surface area (Å²) >= 11 is 3.49. The van der Waals surface area contributed by atoms with Crippen molar-refractivity contribution in [2.45, 2.75) is 18.4 Å². The Balaban J connectivity index is 2.15. The summed E-state index contributed by atoms with van der Waals surface area (Å²) in [7, 11) is 0. The van der Waals surface area contributed by atoms with Crippen molar-refractivity contribution in [1.82, 2.24) is 4.98 Å². The van der Waals surface area contributed by atoms with Gasteiger partial charge in [0.1, 0.15) is 0 Å². The van der Waals surface area contributed by atoms with Crippen LogP contribution in [0, 0.1) is 0 Å². The van der Waals surface area contributed by atoms with Crippen molar-refractivity contribution in [2.75, 3.05) is 0 Å². The van der Waals surface area contributed by atoms with Crippen LogP contribution in [0.2, 0.25) is 0 Å². The molecule has 0 saturated carbocycles. The van der Waals surface area contributed by atoms with Crippen molar-refractivity contribution < 1.29 is 5.11 Å². The number of nitrogens with zero attached hydrogens (tertiary/aromatic N) is 1. The minimum atomic E-state index is -1.08. The summed E-state index contributed by atoms with van der Waals surface area (Å²) in [5.74, 6) is -0.251. The molecule has 0 saturated heterocycles. The zero-order chi connectivity index (χ0) is 16.3. The van der Waals surface area contributed by atoms with Gasteiger partial charge in [0.05, 0.1) is 17.2 Å². The quantitative estimate of drug-likeness (QED) is 0.712. The van der Waals surface area contributed by atoms with Crippen molar-refractivity contribution in [2.24, 2.45) is 0 Å². The summed E-state index contributed by atoms with van der Waals surface area (Å²) in [6.07, 6.45) is 1.77. The highest BCUT2D eigenvalue weighted by Crippen LogP contribution is 2.41. The molecule has 0 unspecified atom stereocenters. The lowest BCUT2D eigenvalue weighted by Crippen LogP contribution is -2.31. The molecular weight excluding hydrogens is 350 g/mol. The summed E-state index contributed by atoms with van der Waals surface area (Å²) in [4.78, 5) is 4.50. The van der Waals surface area contributed by atoms with Crippen molar-refractivity contribution in [3.8, 4) is 0 Å². The summed E-state index contributed by atoms with van der Waals surface area (Å²) in [6.45, 7) is 1.85. The molecule has 0 aliphatic carbocycles. The van der Waals surface area contributed by atoms with Crippen LogP contribution in [-0.2, 0) is 5.60 Å². The molecule has 3 rings (SSSR count). The molecule has 1 aromatic heterocycles. The minimum Gasteiger partial charge on any atom is -0.384 e. The molecule has 0 bridgehead atoms. The van der Waals surface area contributed by atoms with Crippen LogP contribution in [0.3, 0.4) is 0 Å². The summed E-state index contributed by atoms with van der Waals surface area (Å²) in [6, 6.07) is 23.6. The van der Waals surface area contributed by atoms with Crippen LogP contribution in [0.1, 0.15) is 29.7 Å². The Kier molecular flexibility index (Phi) is 4.60. The fraction of sp³-hybridized carbons (Fsp3) is 0.150. The van der Waals surface area contributed by atoms with E-state index in [9.17, 15) is 5.11 Å². The molecule has 2 nitrogen and oxygen atoms in total. The lowest BCUT2D eigenvalue weighted by atomic mass is 9.76. The maximum atomic E-state index is 11.4. The molecule has 1 N–H and O–H groups in total. The number of rotatable bonds is 4. The molecule has 3 heteroatoms. The normalized spacial score (nSPS) is 14.9. The predicted octanol–water partition coefficient (Wildman–Crippen LogP) is 4.88. The second-order valence-corrected chi connectivity index (χ2v) is 6.67. The Morgan fingerprint density at radius 3 is 2.35 bits per heavy atom. The van der Waals surface area contributed by atoms with Crippen molar-refractivity contribution in [3.63, 3.8) is 0 Å². The van der Waals surface area contributed by atoms with E-state index in [2.05, 4.69) is 20.9 Å². The van der Waals surface area contributed by atoms with E-state index in [1.165, 1.54) is 0 Å². The number of hydrogen-bond donors (Lipinski definition) is 1. The second kappa shape index (κ2) is 6.65. The first-order valence-corrected chi connectivity index (χ1v) is 8.32. The van der Waals surface area contributed by atoms with Crippen molar-refractivity contribution >= 4 is 15.9 Å². The fourth-order valence-corrected chi connectivity index (χ4v) is 3.34. The SMILES string of the molecule is C[C@](O)(c1cccc(Br)c1)[C@H](c1ccccc1)c1ccccn1. The molecule has 1 heterocycles. The molecule has 0 fully saturated rings. The van der Waals surface area contributed by atoms with E-state index < -0.39 is 5.60 Å². The number of aliphatic hydroxyl groups is 1. The summed E-state index contributed by atoms with van der Waals surface area (Å²) < 4.78 is 0.947. The standard InChI is InChI=1S/C20H18BrNO/c1-20(23,16-10-7-11-17(21)14-16)19(15-8-3-2-4-9-15)18-12-5-6-13-22-18/h2-14,19,23H,1H3/t19-,20+/m1/s1. The van der Waals surface area contributed by atoms with Gasteiger partial charge in [-0.25, -0.2) is 0 Å². The Bertz CT molecular complexity index is 732. The van der Waals surface area contributed by atoms with E-state index in [-0.39, 0.29) is 5.92 Å². The van der Waals surface area contributed by atoms with Crippen molar-refractivity contribution in [1.29, 1.82) is 0 Å². The van der Waals surface area contributed by atoms with E-state index in [1.54, 1.807) is 6.20 Å². The van der Waals surface area contributed by atoms with Gasteiger partial charge in [0.2, 0.25) is 0 Å². The molecule has 0 amide bonds. The maximum absolute atomic E-state index is 11.4. The average Bonchev–Trinajstić information content (AvgIpc) is 2.57. The van der Waals surface area contributed by atoms with Gasteiger partial charge in [-0.3, -0.25) is 4.98 Å². The van der Waals surface area contributed by atoms with E-state index in [4.69, 9.17) is 0 Å². The third kappa shape index (κ3) is 3.36. The Morgan fingerprint density at radius 2 is 1.70 bits per heavy atom. The highest BCUT2D eigenvalue weighted by atomic mass is 79.9. The van der Waals surface area contributed by atoms with Crippen LogP contribution in [0.4, 0.5) is 0 Å². The van der Waals surface area contributed by atoms with E-state index in [0.29, 0.717) is 0 Å². The monoisotopic (exact) mass is 367 g/mol. The fourth-order valence-electron chi connectivity index (χ4n) is 2.95. The van der Waals surface area contributed by atoms with E-state index in [0.717, 1.165) is 21.3 Å². The van der Waals surface area contributed by atoms with E-state index in [1.807, 2.05) is 79.7 Å². The molecule has 3 aromatic rings. The third-order valence-corrected chi connectivity index (χ3v) is 4.58. The second-order valence-electron chi connectivity index (χ2n) is 5.76. The Morgan fingerprint density at radius 1 is 0.957 bits per heavy atom. The highest BCUT2D eigenvalue weighted by Gasteiger charge is 2.37. The Hall–Kier alpha value is -1.97. The number of benzene rings is 2. The van der Waals surface area contributed by atoms with Crippen LogP contribution in [-0.4, -0.2) is 10.1 Å². The largest absolute Gasteiger partial charge is 0.384 e. The highest BCUT2D eigenvalue weighted by molar-refractivity contribution is 9.10. The first kappa shape index (κ1) is 15.9. The average molecular weight is 368 g/mol. The van der Waals surface area contributed by atoms with Crippen LogP contribution < -0.4 is 0 Å². The molecule has 2 atom stereocenters. The van der Waals surface area contributed by atoms with Gasteiger partial charge in [0.25, 0.3) is 0 Å². The third-order valence-electron chi connectivity index (χ3n) is 4.09. The number of pyridine rings is 1. The van der Waals surface area contributed by atoms with E-state index >= 15 is 0 Å². The van der Waals surface area contributed by atoms with Gasteiger partial charge < -0.3 is 5.11 Å². The van der Waals surface area contributed by atoms with Crippen LogP contribution in [0.15, 0.2) is 83.5 Å². The van der Waals surface area contributed by atoms with Gasteiger partial charge in [0, 0.05) is 10.7 Å². The van der Waals surface area contributed by atoms with Gasteiger partial charge in [0.15, 0.2) is 0 Å². The lowest BCUT2D eigenvalue weighted by molar-refractivity contribution is 0.0380. The zero-order valence-electron chi connectivity index (χ0n) is 12.9. The minimum absolute atomic E-state index is 0.251. The number of aromatic nitrogens is 1. The lowest BCUT2D eigenvalue weighted by Gasteiger charge is -2.33. The first-order valence-electron chi connectivity index (χ1n) is 7.53. The van der Waals surface area contributed by atoms with Gasteiger partial charge in [-0.05, 0) is 42.3 Å². The first-order chi connectivity index (χ1) is 11.1. The van der Waals surface area contributed by atoms with Crippen LogP contribution in [0.5, 0.6) is 0 Å². The molecule has 2 aromatic carbocycles. The molecule has 116 valence electrons. The number of hydrogen-bond acceptors (Lipinski definition) is 2. The molecule has 0 radical (unpaired) electrons. The van der Waals surface area contributed by atoms with Gasteiger partial charge in [-0.1, -0.05) is 64.5 Å². The zero-order valence-corrected chi connectivity index (χ0v) is 14.4. The van der Waals surface area contributed by atoms with Gasteiger partial charge >= 0.3 is 0 Å². The number of halogens is 1. The molecule has 0 aliphatic rings. The van der Waals surface area contributed by atoms with Crippen LogP contribution in [0.25, 0.3) is 0 Å². The molecule has 0 spiro atoms. The summed E-state index contributed by atoms with van der Waals surface area (Å²) in [5.41, 5.74) is 1.66. The van der Waals surface area contributed by atoms with Gasteiger partial charge in [-0.15, -0.1) is 0 Å².